The summed E-state index contributed by atoms with van der Waals surface area (Å²) in [4.78, 5) is 12.6. The highest BCUT2D eigenvalue weighted by Crippen LogP contribution is 2.15. The predicted molar refractivity (Wildman–Crippen MR) is 123 cm³/mol. The first-order chi connectivity index (χ1) is 12.2. The number of guanidine groups is 1. The van der Waals surface area contributed by atoms with Gasteiger partial charge in [-0.25, -0.2) is 0 Å². The number of nitrogens with one attached hydrogen (secondary N) is 2. The predicted octanol–water partition coefficient (Wildman–Crippen LogP) is 1.67. The average molecular weight is 480 g/mol. The summed E-state index contributed by atoms with van der Waals surface area (Å²) in [5, 5.41) is 7.01. The van der Waals surface area contributed by atoms with Gasteiger partial charge in [0, 0.05) is 51.4 Å². The van der Waals surface area contributed by atoms with E-state index < -0.39 is 0 Å². The van der Waals surface area contributed by atoms with Crippen molar-refractivity contribution in [3.05, 3.63) is 0 Å². The fraction of sp³-hybridized carbons (Fsp3) is 0.947. The first-order valence-corrected chi connectivity index (χ1v) is 10.4. The quantitative estimate of drug-likeness (QED) is 0.283. The van der Waals surface area contributed by atoms with Crippen molar-refractivity contribution in [2.75, 3.05) is 65.4 Å². The molecule has 0 spiro atoms. The van der Waals surface area contributed by atoms with E-state index in [4.69, 9.17) is 4.99 Å². The van der Waals surface area contributed by atoms with Crippen molar-refractivity contribution in [3.63, 3.8) is 0 Å². The highest BCUT2D eigenvalue weighted by atomic mass is 127. The van der Waals surface area contributed by atoms with E-state index in [2.05, 4.69) is 53.0 Å². The smallest absolute Gasteiger partial charge is 0.191 e. The zero-order valence-corrected chi connectivity index (χ0v) is 19.7. The van der Waals surface area contributed by atoms with Crippen LogP contribution in [0.5, 0.6) is 0 Å². The van der Waals surface area contributed by atoms with E-state index in [9.17, 15) is 0 Å². The van der Waals surface area contributed by atoms with E-state index in [1.54, 1.807) is 0 Å². The molecule has 3 rings (SSSR count). The van der Waals surface area contributed by atoms with Gasteiger partial charge in [-0.15, -0.1) is 24.0 Å². The molecule has 0 aromatic rings. The Morgan fingerprint density at radius 2 is 1.85 bits per heavy atom. The van der Waals surface area contributed by atoms with Gasteiger partial charge in [-0.3, -0.25) is 14.8 Å². The van der Waals surface area contributed by atoms with Gasteiger partial charge in [-0.2, -0.15) is 0 Å². The largest absolute Gasteiger partial charge is 0.357 e. The number of piperazine rings is 3. The van der Waals surface area contributed by atoms with Crippen LogP contribution >= 0.6 is 24.0 Å². The van der Waals surface area contributed by atoms with Crippen LogP contribution < -0.4 is 10.6 Å². The minimum absolute atomic E-state index is 0. The van der Waals surface area contributed by atoms with Crippen molar-refractivity contribution in [1.29, 1.82) is 0 Å². The van der Waals surface area contributed by atoms with Gasteiger partial charge in [0.05, 0.1) is 6.54 Å². The topological polar surface area (TPSA) is 46.1 Å². The van der Waals surface area contributed by atoms with E-state index >= 15 is 0 Å². The number of fused-ring (bicyclic) bond motifs is 3. The normalized spacial score (nSPS) is 26.5. The Bertz CT molecular complexity index is 393. The Labute approximate surface area is 178 Å². The molecule has 6 nitrogen and oxygen atoms in total. The lowest BCUT2D eigenvalue weighted by molar-refractivity contribution is 0.0174. The summed E-state index contributed by atoms with van der Waals surface area (Å²) in [6.07, 6.45) is 2.42. The Hall–Kier alpha value is -0.120. The molecular weight excluding hydrogens is 439 g/mol. The second-order valence-electron chi connectivity index (χ2n) is 7.42. The van der Waals surface area contributed by atoms with Gasteiger partial charge in [0.25, 0.3) is 0 Å². The standard InChI is InChI=1S/C19H40N6.HI/c1-5-20-19(22-17(4)9-8-10-23(6-2)7-3)21-15-18-16-24-11-13-25(18)14-12-24;/h17-18H,5-16H2,1-4H3,(H2,20,21,22);1H. The van der Waals surface area contributed by atoms with Crippen molar-refractivity contribution in [2.45, 2.75) is 52.6 Å². The highest BCUT2D eigenvalue weighted by molar-refractivity contribution is 14.0. The zero-order valence-electron chi connectivity index (χ0n) is 17.3. The van der Waals surface area contributed by atoms with E-state index in [0.29, 0.717) is 12.1 Å². The lowest BCUT2D eigenvalue weighted by atomic mass is 10.1. The van der Waals surface area contributed by atoms with Crippen molar-refractivity contribution < 1.29 is 0 Å². The molecule has 7 heteroatoms. The molecule has 3 fully saturated rings. The first kappa shape index (κ1) is 23.9. The van der Waals surface area contributed by atoms with Gasteiger partial charge in [0.2, 0.25) is 0 Å². The Morgan fingerprint density at radius 1 is 1.15 bits per heavy atom. The summed E-state index contributed by atoms with van der Waals surface area (Å²) in [7, 11) is 0. The number of nitrogens with zero attached hydrogens (tertiary/aromatic N) is 4. The van der Waals surface area contributed by atoms with Crippen LogP contribution in [0.2, 0.25) is 0 Å². The van der Waals surface area contributed by atoms with Gasteiger partial charge < -0.3 is 15.5 Å². The molecule has 2 atom stereocenters. The molecule has 2 bridgehead atoms. The molecule has 0 saturated carbocycles. The van der Waals surface area contributed by atoms with Crippen LogP contribution in [-0.4, -0.2) is 98.2 Å². The second-order valence-corrected chi connectivity index (χ2v) is 7.42. The molecule has 0 radical (unpaired) electrons. The summed E-state index contributed by atoms with van der Waals surface area (Å²) >= 11 is 0. The van der Waals surface area contributed by atoms with Crippen LogP contribution in [0.15, 0.2) is 4.99 Å². The van der Waals surface area contributed by atoms with Crippen molar-refractivity contribution in [1.82, 2.24) is 25.3 Å². The molecule has 3 saturated heterocycles. The van der Waals surface area contributed by atoms with E-state index in [0.717, 1.165) is 32.1 Å². The van der Waals surface area contributed by atoms with Gasteiger partial charge in [0.1, 0.15) is 0 Å². The SMILES string of the molecule is CCNC(=NCC1CN2CCN1CC2)NC(C)CCCN(CC)CC.I. The number of hydrogen-bond acceptors (Lipinski definition) is 4. The fourth-order valence-corrected chi connectivity index (χ4v) is 3.88. The molecule has 3 aliphatic heterocycles. The lowest BCUT2D eigenvalue weighted by Gasteiger charge is -2.47. The van der Waals surface area contributed by atoms with Crippen molar-refractivity contribution >= 4 is 29.9 Å². The Morgan fingerprint density at radius 3 is 2.38 bits per heavy atom. The van der Waals surface area contributed by atoms with E-state index in [1.807, 2.05) is 0 Å². The first-order valence-electron chi connectivity index (χ1n) is 10.4. The molecule has 0 aromatic carbocycles. The molecule has 0 amide bonds. The molecule has 3 heterocycles. The van der Waals surface area contributed by atoms with Gasteiger partial charge in [-0.05, 0) is 46.3 Å². The third-order valence-corrected chi connectivity index (χ3v) is 5.59. The number of halogens is 1. The van der Waals surface area contributed by atoms with Crippen molar-refractivity contribution in [2.24, 2.45) is 4.99 Å². The summed E-state index contributed by atoms with van der Waals surface area (Å²) in [5.74, 6) is 0.982. The number of rotatable bonds is 10. The maximum atomic E-state index is 4.89. The number of aliphatic imine (C=N–C) groups is 1. The molecule has 26 heavy (non-hydrogen) atoms. The molecule has 2 N–H and O–H groups in total. The minimum atomic E-state index is 0. The van der Waals surface area contributed by atoms with Crippen LogP contribution in [0.1, 0.15) is 40.5 Å². The second kappa shape index (κ2) is 13.1. The third-order valence-electron chi connectivity index (χ3n) is 5.59. The number of hydrogen-bond donors (Lipinski definition) is 2. The summed E-state index contributed by atoms with van der Waals surface area (Å²) < 4.78 is 0. The van der Waals surface area contributed by atoms with Crippen LogP contribution in [0.25, 0.3) is 0 Å². The maximum Gasteiger partial charge on any atom is 0.191 e. The molecular formula is C19H41IN6. The zero-order chi connectivity index (χ0) is 18.1. The van der Waals surface area contributed by atoms with Crippen LogP contribution in [0, 0.1) is 0 Å². The molecule has 2 unspecified atom stereocenters. The molecule has 0 aromatic heterocycles. The lowest BCUT2D eigenvalue weighted by Crippen LogP contribution is -2.62. The Kier molecular flexibility index (Phi) is 12.1. The summed E-state index contributed by atoms with van der Waals surface area (Å²) in [5.41, 5.74) is 0. The summed E-state index contributed by atoms with van der Waals surface area (Å²) in [6.45, 7) is 20.3. The molecule has 0 aliphatic carbocycles. The third kappa shape index (κ3) is 7.86. The van der Waals surface area contributed by atoms with Crippen LogP contribution in [0.3, 0.4) is 0 Å². The molecule has 154 valence electrons. The van der Waals surface area contributed by atoms with E-state index in [-0.39, 0.29) is 24.0 Å². The van der Waals surface area contributed by atoms with Gasteiger partial charge in [-0.1, -0.05) is 13.8 Å². The Balaban J connectivity index is 0.00000338. The summed E-state index contributed by atoms with van der Waals surface area (Å²) in [6, 6.07) is 1.05. The highest BCUT2D eigenvalue weighted by Gasteiger charge is 2.31. The van der Waals surface area contributed by atoms with Crippen LogP contribution in [-0.2, 0) is 0 Å². The average Bonchev–Trinajstić information content (AvgIpc) is 2.64. The fourth-order valence-electron chi connectivity index (χ4n) is 3.88. The van der Waals surface area contributed by atoms with Crippen LogP contribution in [0.4, 0.5) is 0 Å². The minimum Gasteiger partial charge on any atom is -0.357 e. The van der Waals surface area contributed by atoms with Gasteiger partial charge >= 0.3 is 0 Å². The van der Waals surface area contributed by atoms with E-state index in [1.165, 1.54) is 52.1 Å². The van der Waals surface area contributed by atoms with Gasteiger partial charge in [0.15, 0.2) is 5.96 Å². The molecule has 3 aliphatic rings. The monoisotopic (exact) mass is 480 g/mol. The maximum absolute atomic E-state index is 4.89. The van der Waals surface area contributed by atoms with Crippen molar-refractivity contribution in [3.8, 4) is 0 Å².